The topological polar surface area (TPSA) is 61.7 Å². The number of fused-ring (bicyclic) bond motifs is 2. The quantitative estimate of drug-likeness (QED) is 0.283. The highest BCUT2D eigenvalue weighted by atomic mass is 15.1. The summed E-state index contributed by atoms with van der Waals surface area (Å²) in [7, 11) is 0. The number of aromatic nitrogens is 1. The first-order valence-corrected chi connectivity index (χ1v) is 5.67. The van der Waals surface area contributed by atoms with Crippen molar-refractivity contribution in [3.05, 3.63) is 64.5 Å². The summed E-state index contributed by atoms with van der Waals surface area (Å²) in [5.41, 5.74) is 11.4. The number of hydrogen-bond acceptors (Lipinski definition) is 2. The van der Waals surface area contributed by atoms with Crippen molar-refractivity contribution < 1.29 is 0 Å². The number of pyridine rings is 1. The second kappa shape index (κ2) is 4.35. The van der Waals surface area contributed by atoms with Gasteiger partial charge in [-0.2, -0.15) is 0 Å². The van der Waals surface area contributed by atoms with Crippen LogP contribution >= 0.6 is 0 Å². The highest BCUT2D eigenvalue weighted by molar-refractivity contribution is 5.97. The summed E-state index contributed by atoms with van der Waals surface area (Å²) >= 11 is 0. The predicted octanol–water partition coefficient (Wildman–Crippen LogP) is 4.20. The molecule has 0 saturated carbocycles. The highest BCUT2D eigenvalue weighted by Crippen LogP contribution is 2.26. The second-order valence-corrected chi connectivity index (χ2v) is 4.01. The van der Waals surface area contributed by atoms with E-state index in [0.717, 1.165) is 27.4 Å². The minimum Gasteiger partial charge on any atom is -0.248 e. The lowest BCUT2D eigenvalue weighted by Crippen LogP contribution is -1.90. The molecule has 0 amide bonds. The summed E-state index contributed by atoms with van der Waals surface area (Å²) in [6, 6.07) is 15.8. The molecule has 2 aromatic carbocycles. The van der Waals surface area contributed by atoms with Crippen LogP contribution in [0.4, 0.5) is 0 Å². The van der Waals surface area contributed by atoms with E-state index >= 15 is 0 Å². The Kier molecular flexibility index (Phi) is 2.56. The summed E-state index contributed by atoms with van der Waals surface area (Å²) in [5.74, 6) is 0. The lowest BCUT2D eigenvalue weighted by Gasteiger charge is -2.08. The van der Waals surface area contributed by atoms with Crippen molar-refractivity contribution in [1.82, 2.24) is 4.98 Å². The highest BCUT2D eigenvalue weighted by Gasteiger charge is 2.07. The average Bonchev–Trinajstić information content (AvgIpc) is 2.43. The minimum atomic E-state index is 0.347. The molecule has 3 rings (SSSR count). The molecule has 4 heteroatoms. The molecule has 0 fully saturated rings. The molecule has 0 aliphatic carbocycles. The maximum absolute atomic E-state index is 8.51. The van der Waals surface area contributed by atoms with E-state index in [1.807, 2.05) is 48.5 Å². The van der Waals surface area contributed by atoms with Crippen LogP contribution in [0.1, 0.15) is 5.56 Å². The van der Waals surface area contributed by atoms with Crippen molar-refractivity contribution in [2.45, 2.75) is 6.54 Å². The molecule has 0 saturated heterocycles. The van der Waals surface area contributed by atoms with Crippen molar-refractivity contribution in [3.8, 4) is 0 Å². The van der Waals surface area contributed by atoms with Crippen molar-refractivity contribution in [2.75, 3.05) is 0 Å². The Morgan fingerprint density at radius 3 is 2.06 bits per heavy atom. The monoisotopic (exact) mass is 234 g/mol. The zero-order valence-electron chi connectivity index (χ0n) is 9.61. The first-order valence-electron chi connectivity index (χ1n) is 5.67. The Labute approximate surface area is 104 Å². The third-order valence-corrected chi connectivity index (χ3v) is 2.99. The Morgan fingerprint density at radius 2 is 1.50 bits per heavy atom. The van der Waals surface area contributed by atoms with E-state index in [1.54, 1.807) is 0 Å². The number of azide groups is 1. The van der Waals surface area contributed by atoms with Gasteiger partial charge in [-0.15, -0.1) is 0 Å². The third-order valence-electron chi connectivity index (χ3n) is 2.99. The van der Waals surface area contributed by atoms with E-state index in [1.165, 1.54) is 0 Å². The van der Waals surface area contributed by atoms with Crippen LogP contribution in [0, 0.1) is 0 Å². The van der Waals surface area contributed by atoms with Crippen LogP contribution in [0.3, 0.4) is 0 Å². The predicted molar refractivity (Wildman–Crippen MR) is 72.1 cm³/mol. The molecule has 1 aromatic heterocycles. The second-order valence-electron chi connectivity index (χ2n) is 4.01. The van der Waals surface area contributed by atoms with Gasteiger partial charge in [0.25, 0.3) is 0 Å². The van der Waals surface area contributed by atoms with Gasteiger partial charge in [0.2, 0.25) is 0 Å². The maximum atomic E-state index is 8.51. The van der Waals surface area contributed by atoms with E-state index < -0.39 is 0 Å². The zero-order chi connectivity index (χ0) is 12.4. The Bertz CT molecular complexity index is 719. The van der Waals surface area contributed by atoms with Gasteiger partial charge in [-0.1, -0.05) is 41.5 Å². The number of benzene rings is 2. The fourth-order valence-corrected chi connectivity index (χ4v) is 2.20. The number of rotatable bonds is 2. The molecule has 0 aliphatic heterocycles. The molecule has 0 bridgehead atoms. The molecule has 3 aromatic rings. The van der Waals surface area contributed by atoms with Gasteiger partial charge in [-0.25, -0.2) is 4.98 Å². The molecule has 0 atom stereocenters. The molecule has 0 spiro atoms. The van der Waals surface area contributed by atoms with Crippen LogP contribution in [0.15, 0.2) is 53.6 Å². The normalized spacial score (nSPS) is 10.4. The average molecular weight is 234 g/mol. The van der Waals surface area contributed by atoms with Crippen molar-refractivity contribution in [3.63, 3.8) is 0 Å². The molecule has 0 unspecified atom stereocenters. The summed E-state index contributed by atoms with van der Waals surface area (Å²) in [4.78, 5) is 7.46. The van der Waals surface area contributed by atoms with Crippen molar-refractivity contribution in [2.24, 2.45) is 5.11 Å². The Balaban J connectivity index is 2.45. The first kappa shape index (κ1) is 10.6. The summed E-state index contributed by atoms with van der Waals surface area (Å²) < 4.78 is 0. The lowest BCUT2D eigenvalue weighted by molar-refractivity contribution is 1.07. The molecule has 18 heavy (non-hydrogen) atoms. The number of hydrogen-bond donors (Lipinski definition) is 0. The smallest absolute Gasteiger partial charge is 0.0712 e. The number of para-hydroxylation sites is 2. The van der Waals surface area contributed by atoms with E-state index in [2.05, 4.69) is 15.0 Å². The molecule has 0 N–H and O–H groups in total. The molecular formula is C14H10N4. The van der Waals surface area contributed by atoms with E-state index in [9.17, 15) is 0 Å². The molecule has 0 radical (unpaired) electrons. The number of nitrogens with zero attached hydrogens (tertiary/aromatic N) is 4. The summed E-state index contributed by atoms with van der Waals surface area (Å²) in [6.07, 6.45) is 0. The summed E-state index contributed by atoms with van der Waals surface area (Å²) in [5, 5.41) is 5.79. The van der Waals surface area contributed by atoms with Crippen LogP contribution in [0.5, 0.6) is 0 Å². The van der Waals surface area contributed by atoms with Crippen molar-refractivity contribution >= 4 is 21.8 Å². The Hall–Kier alpha value is -2.58. The van der Waals surface area contributed by atoms with E-state index in [0.29, 0.717) is 6.54 Å². The fourth-order valence-electron chi connectivity index (χ4n) is 2.20. The molecule has 86 valence electrons. The van der Waals surface area contributed by atoms with E-state index in [-0.39, 0.29) is 0 Å². The zero-order valence-corrected chi connectivity index (χ0v) is 9.61. The largest absolute Gasteiger partial charge is 0.248 e. The van der Waals surface area contributed by atoms with Crippen LogP contribution in [-0.4, -0.2) is 4.98 Å². The fraction of sp³-hybridized carbons (Fsp3) is 0.0714. The molecule has 4 nitrogen and oxygen atoms in total. The van der Waals surface area contributed by atoms with Gasteiger partial charge >= 0.3 is 0 Å². The molecule has 0 aliphatic rings. The van der Waals surface area contributed by atoms with Gasteiger partial charge < -0.3 is 0 Å². The van der Waals surface area contributed by atoms with Gasteiger partial charge in [0.1, 0.15) is 0 Å². The minimum absolute atomic E-state index is 0.347. The van der Waals surface area contributed by atoms with Gasteiger partial charge in [-0.05, 0) is 23.2 Å². The van der Waals surface area contributed by atoms with E-state index in [4.69, 9.17) is 5.53 Å². The maximum Gasteiger partial charge on any atom is 0.0712 e. The molecular weight excluding hydrogens is 224 g/mol. The first-order chi connectivity index (χ1) is 8.90. The van der Waals surface area contributed by atoms with Gasteiger partial charge in [0, 0.05) is 15.7 Å². The van der Waals surface area contributed by atoms with Crippen LogP contribution < -0.4 is 0 Å². The SMILES string of the molecule is [N-]=[N+]=NCc1c2ccccc2nc2ccccc12. The van der Waals surface area contributed by atoms with Gasteiger partial charge in [0.15, 0.2) is 0 Å². The van der Waals surface area contributed by atoms with Gasteiger partial charge in [-0.3, -0.25) is 0 Å². The molecule has 1 heterocycles. The lowest BCUT2D eigenvalue weighted by atomic mass is 10.0. The van der Waals surface area contributed by atoms with Crippen LogP contribution in [-0.2, 0) is 6.54 Å². The summed E-state index contributed by atoms with van der Waals surface area (Å²) in [6.45, 7) is 0.347. The Morgan fingerprint density at radius 1 is 0.944 bits per heavy atom. The van der Waals surface area contributed by atoms with Gasteiger partial charge in [0.05, 0.1) is 17.6 Å². The van der Waals surface area contributed by atoms with Crippen LogP contribution in [0.25, 0.3) is 32.2 Å². The van der Waals surface area contributed by atoms with Crippen molar-refractivity contribution in [1.29, 1.82) is 0 Å². The standard InChI is InChI=1S/C14H10N4/c15-18-16-9-12-10-5-1-3-7-13(10)17-14-8-4-2-6-11(12)14/h1-8H,9H2. The third kappa shape index (κ3) is 1.65. The van der Waals surface area contributed by atoms with Crippen LogP contribution in [0.2, 0.25) is 0 Å².